The second kappa shape index (κ2) is 10.7. The molecule has 0 heterocycles. The Morgan fingerprint density at radius 1 is 1.28 bits per heavy atom. The van der Waals surface area contributed by atoms with Crippen molar-refractivity contribution in [3.63, 3.8) is 0 Å². The van der Waals surface area contributed by atoms with E-state index < -0.39 is 0 Å². The van der Waals surface area contributed by atoms with Crippen molar-refractivity contribution in [2.24, 2.45) is 0 Å². The van der Waals surface area contributed by atoms with Crippen LogP contribution in [0.3, 0.4) is 0 Å². The van der Waals surface area contributed by atoms with Gasteiger partial charge in [0.05, 0.1) is 13.1 Å². The van der Waals surface area contributed by atoms with Crippen molar-refractivity contribution in [3.8, 4) is 0 Å². The molecule has 2 amide bonds. The van der Waals surface area contributed by atoms with Gasteiger partial charge in [-0.15, -0.1) is 6.58 Å². The van der Waals surface area contributed by atoms with E-state index in [0.717, 1.165) is 6.42 Å². The number of nitrogens with one attached hydrogen (secondary N) is 2. The lowest BCUT2D eigenvalue weighted by Gasteiger charge is -2.15. The molecule has 0 unspecified atom stereocenters. The van der Waals surface area contributed by atoms with Crippen molar-refractivity contribution in [3.05, 3.63) is 12.7 Å². The molecule has 18 heavy (non-hydrogen) atoms. The van der Waals surface area contributed by atoms with Crippen LogP contribution < -0.4 is 10.6 Å². The first-order valence-electron chi connectivity index (χ1n) is 5.92. The molecule has 0 spiro atoms. The summed E-state index contributed by atoms with van der Waals surface area (Å²) < 4.78 is 4.87. The van der Waals surface area contributed by atoms with Crippen molar-refractivity contribution in [1.82, 2.24) is 15.5 Å². The molecule has 104 valence electrons. The third-order valence-electron chi connectivity index (χ3n) is 2.12. The predicted molar refractivity (Wildman–Crippen MR) is 70.2 cm³/mol. The van der Waals surface area contributed by atoms with Crippen LogP contribution in [-0.4, -0.2) is 63.7 Å². The van der Waals surface area contributed by atoms with Crippen LogP contribution in [0.5, 0.6) is 0 Å². The van der Waals surface area contributed by atoms with Gasteiger partial charge in [-0.05, 0) is 13.5 Å². The van der Waals surface area contributed by atoms with Crippen LogP contribution >= 0.6 is 0 Å². The van der Waals surface area contributed by atoms with Crippen LogP contribution in [0.15, 0.2) is 12.7 Å². The highest BCUT2D eigenvalue weighted by atomic mass is 16.5. The van der Waals surface area contributed by atoms with E-state index in [-0.39, 0.29) is 24.9 Å². The van der Waals surface area contributed by atoms with Crippen LogP contribution in [0.1, 0.15) is 6.42 Å². The first-order valence-corrected chi connectivity index (χ1v) is 5.92. The molecule has 0 rings (SSSR count). The van der Waals surface area contributed by atoms with Gasteiger partial charge in [-0.25, -0.2) is 0 Å². The fraction of sp³-hybridized carbons (Fsp3) is 0.667. The van der Waals surface area contributed by atoms with E-state index in [9.17, 15) is 9.59 Å². The van der Waals surface area contributed by atoms with E-state index in [2.05, 4.69) is 17.2 Å². The lowest BCUT2D eigenvalue weighted by molar-refractivity contribution is -0.124. The van der Waals surface area contributed by atoms with Crippen molar-refractivity contribution < 1.29 is 14.3 Å². The quantitative estimate of drug-likeness (QED) is 0.404. The Kier molecular flexibility index (Phi) is 9.90. The Hall–Kier alpha value is -1.40. The van der Waals surface area contributed by atoms with Gasteiger partial charge in [0, 0.05) is 26.8 Å². The van der Waals surface area contributed by atoms with Gasteiger partial charge >= 0.3 is 0 Å². The number of nitrogens with zero attached hydrogens (tertiary/aromatic N) is 1. The molecular formula is C12H23N3O3. The zero-order valence-electron chi connectivity index (χ0n) is 11.2. The minimum atomic E-state index is -0.121. The largest absolute Gasteiger partial charge is 0.385 e. The van der Waals surface area contributed by atoms with E-state index in [0.29, 0.717) is 19.7 Å². The average molecular weight is 257 g/mol. The second-order valence-electron chi connectivity index (χ2n) is 3.96. The van der Waals surface area contributed by atoms with Crippen molar-refractivity contribution in [2.45, 2.75) is 6.42 Å². The highest BCUT2D eigenvalue weighted by molar-refractivity contribution is 5.81. The monoisotopic (exact) mass is 257 g/mol. The number of methoxy groups -OCH3 is 1. The molecule has 0 aliphatic carbocycles. The van der Waals surface area contributed by atoms with E-state index in [1.807, 2.05) is 0 Å². The van der Waals surface area contributed by atoms with Gasteiger partial charge in [0.25, 0.3) is 0 Å². The van der Waals surface area contributed by atoms with Crippen LogP contribution in [-0.2, 0) is 14.3 Å². The van der Waals surface area contributed by atoms with E-state index in [4.69, 9.17) is 4.74 Å². The highest BCUT2D eigenvalue weighted by Crippen LogP contribution is 1.84. The second-order valence-corrected chi connectivity index (χ2v) is 3.96. The molecule has 0 fully saturated rings. The van der Waals surface area contributed by atoms with Gasteiger partial charge in [-0.2, -0.15) is 0 Å². The average Bonchev–Trinajstić information content (AvgIpc) is 2.31. The summed E-state index contributed by atoms with van der Waals surface area (Å²) in [7, 11) is 3.35. The first kappa shape index (κ1) is 16.6. The maximum atomic E-state index is 11.5. The molecule has 0 bridgehead atoms. The van der Waals surface area contributed by atoms with Gasteiger partial charge in [0.15, 0.2) is 0 Å². The van der Waals surface area contributed by atoms with Gasteiger partial charge < -0.3 is 15.4 Å². The zero-order chi connectivity index (χ0) is 13.8. The molecule has 0 aromatic heterocycles. The number of carbonyl (C=O) groups excluding carboxylic acids is 2. The Morgan fingerprint density at radius 3 is 2.44 bits per heavy atom. The number of rotatable bonds is 10. The molecule has 6 nitrogen and oxygen atoms in total. The Labute approximate surface area is 108 Å². The summed E-state index contributed by atoms with van der Waals surface area (Å²) in [5, 5.41) is 5.41. The van der Waals surface area contributed by atoms with E-state index in [1.165, 1.54) is 0 Å². The van der Waals surface area contributed by atoms with Crippen molar-refractivity contribution >= 4 is 11.8 Å². The molecule has 0 aliphatic rings. The summed E-state index contributed by atoms with van der Waals surface area (Å²) in [6.45, 7) is 5.55. The van der Waals surface area contributed by atoms with Crippen molar-refractivity contribution in [1.29, 1.82) is 0 Å². The number of amides is 2. The molecule has 0 saturated carbocycles. The zero-order valence-corrected chi connectivity index (χ0v) is 11.2. The van der Waals surface area contributed by atoms with E-state index in [1.54, 1.807) is 25.1 Å². The Bertz CT molecular complexity index is 269. The van der Waals surface area contributed by atoms with Crippen LogP contribution in [0, 0.1) is 0 Å². The summed E-state index contributed by atoms with van der Waals surface area (Å²) in [6.07, 6.45) is 2.40. The highest BCUT2D eigenvalue weighted by Gasteiger charge is 2.09. The molecule has 2 N–H and O–H groups in total. The summed E-state index contributed by atoms with van der Waals surface area (Å²) >= 11 is 0. The van der Waals surface area contributed by atoms with Gasteiger partial charge in [-0.3, -0.25) is 14.5 Å². The summed E-state index contributed by atoms with van der Waals surface area (Å²) in [6, 6.07) is 0. The van der Waals surface area contributed by atoms with Gasteiger partial charge in [0.1, 0.15) is 0 Å². The number of ether oxygens (including phenoxy) is 1. The SMILES string of the molecule is C=CCNC(=O)CN(C)CC(=O)NCCCOC. The molecule has 0 aromatic rings. The third kappa shape index (κ3) is 9.80. The third-order valence-corrected chi connectivity index (χ3v) is 2.12. The number of carbonyl (C=O) groups is 2. The fourth-order valence-corrected chi connectivity index (χ4v) is 1.29. The Balaban J connectivity index is 3.66. The standard InChI is InChI=1S/C12H23N3O3/c1-4-6-13-11(16)9-15(2)10-12(17)14-7-5-8-18-3/h4H,1,5-10H2,2-3H3,(H,13,16)(H,14,17). The maximum absolute atomic E-state index is 11.5. The van der Waals surface area contributed by atoms with Crippen molar-refractivity contribution in [2.75, 3.05) is 46.9 Å². The predicted octanol–water partition coefficient (Wildman–Crippen LogP) is -0.627. The summed E-state index contributed by atoms with van der Waals surface area (Å²) in [4.78, 5) is 24.5. The molecule has 0 saturated heterocycles. The number of likely N-dealkylation sites (N-methyl/N-ethyl adjacent to an activating group) is 1. The smallest absolute Gasteiger partial charge is 0.234 e. The number of hydrogen-bond acceptors (Lipinski definition) is 4. The molecule has 0 atom stereocenters. The lowest BCUT2D eigenvalue weighted by atomic mass is 10.4. The molecule has 0 aromatic carbocycles. The van der Waals surface area contributed by atoms with E-state index >= 15 is 0 Å². The molecule has 0 aliphatic heterocycles. The summed E-state index contributed by atoms with van der Waals surface area (Å²) in [5.74, 6) is -0.213. The Morgan fingerprint density at radius 2 is 1.89 bits per heavy atom. The minimum absolute atomic E-state index is 0.0925. The first-order chi connectivity index (χ1) is 8.60. The van der Waals surface area contributed by atoms with Crippen LogP contribution in [0.4, 0.5) is 0 Å². The molecule has 6 heteroatoms. The normalized spacial score (nSPS) is 10.2. The van der Waals surface area contributed by atoms with Crippen LogP contribution in [0.2, 0.25) is 0 Å². The maximum Gasteiger partial charge on any atom is 0.234 e. The van der Waals surface area contributed by atoms with Gasteiger partial charge in [-0.1, -0.05) is 6.08 Å². The topological polar surface area (TPSA) is 70.7 Å². The number of hydrogen-bond donors (Lipinski definition) is 2. The minimum Gasteiger partial charge on any atom is -0.385 e. The summed E-state index contributed by atoms with van der Waals surface area (Å²) in [5.41, 5.74) is 0. The fourth-order valence-electron chi connectivity index (χ4n) is 1.29. The molecule has 0 radical (unpaired) electrons. The van der Waals surface area contributed by atoms with Crippen LogP contribution in [0.25, 0.3) is 0 Å². The molecular weight excluding hydrogens is 234 g/mol. The lowest BCUT2D eigenvalue weighted by Crippen LogP contribution is -2.41. The van der Waals surface area contributed by atoms with Gasteiger partial charge in [0.2, 0.25) is 11.8 Å².